The van der Waals surface area contributed by atoms with Crippen LogP contribution in [0.15, 0.2) is 24.3 Å². The van der Waals surface area contributed by atoms with Crippen molar-refractivity contribution >= 4 is 17.8 Å². The topological polar surface area (TPSA) is 105 Å². The van der Waals surface area contributed by atoms with Crippen LogP contribution in [0.2, 0.25) is 0 Å². The van der Waals surface area contributed by atoms with Crippen molar-refractivity contribution in [2.45, 2.75) is 13.0 Å². The molecule has 2 aromatic rings. The third kappa shape index (κ3) is 1.59. The molecule has 1 aliphatic heterocycles. The molecule has 0 aliphatic carbocycles. The lowest BCUT2D eigenvalue weighted by Crippen LogP contribution is -2.33. The standard InChI is InChI=1S/C12H11N5O2/c1-6(9-14-12(13)16-15-9)17-10(18)7-4-2-3-5-8(7)11(17)19/h2-6H,1H3,(H3,13,14,15,16). The van der Waals surface area contributed by atoms with Crippen LogP contribution in [0.1, 0.15) is 39.5 Å². The van der Waals surface area contributed by atoms with Gasteiger partial charge in [-0.25, -0.2) is 0 Å². The molecule has 2 amide bonds. The van der Waals surface area contributed by atoms with E-state index in [0.717, 1.165) is 4.90 Å². The maximum Gasteiger partial charge on any atom is 0.262 e. The van der Waals surface area contributed by atoms with Gasteiger partial charge in [0.05, 0.1) is 17.2 Å². The average Bonchev–Trinajstić information content (AvgIpc) is 2.94. The van der Waals surface area contributed by atoms with Crippen LogP contribution in [0, 0.1) is 0 Å². The van der Waals surface area contributed by atoms with Gasteiger partial charge in [-0.1, -0.05) is 12.1 Å². The molecular formula is C12H11N5O2. The zero-order valence-electron chi connectivity index (χ0n) is 10.1. The van der Waals surface area contributed by atoms with Crippen LogP contribution in [0.3, 0.4) is 0 Å². The van der Waals surface area contributed by atoms with E-state index in [4.69, 9.17) is 5.73 Å². The van der Waals surface area contributed by atoms with Gasteiger partial charge in [-0.05, 0) is 19.1 Å². The lowest BCUT2D eigenvalue weighted by Gasteiger charge is -2.19. The predicted molar refractivity (Wildman–Crippen MR) is 66.2 cm³/mol. The molecule has 1 aliphatic rings. The molecule has 0 spiro atoms. The second-order valence-corrected chi connectivity index (χ2v) is 4.28. The molecule has 0 saturated carbocycles. The highest BCUT2D eigenvalue weighted by Crippen LogP contribution is 2.29. The number of hydrogen-bond donors (Lipinski definition) is 2. The lowest BCUT2D eigenvalue weighted by atomic mass is 10.1. The van der Waals surface area contributed by atoms with Crippen LogP contribution < -0.4 is 5.73 Å². The minimum absolute atomic E-state index is 0.0819. The van der Waals surface area contributed by atoms with E-state index < -0.39 is 6.04 Å². The van der Waals surface area contributed by atoms with Crippen LogP contribution in [0.4, 0.5) is 5.95 Å². The summed E-state index contributed by atoms with van der Waals surface area (Å²) in [7, 11) is 0. The summed E-state index contributed by atoms with van der Waals surface area (Å²) in [5, 5.41) is 6.32. The Morgan fingerprint density at radius 2 is 1.79 bits per heavy atom. The number of hydrogen-bond acceptors (Lipinski definition) is 5. The van der Waals surface area contributed by atoms with E-state index in [0.29, 0.717) is 17.0 Å². The number of benzene rings is 1. The summed E-state index contributed by atoms with van der Waals surface area (Å²) in [6.07, 6.45) is 0. The molecule has 7 nitrogen and oxygen atoms in total. The van der Waals surface area contributed by atoms with Crippen molar-refractivity contribution in [1.29, 1.82) is 0 Å². The van der Waals surface area contributed by atoms with E-state index in [1.54, 1.807) is 31.2 Å². The van der Waals surface area contributed by atoms with Crippen molar-refractivity contribution in [1.82, 2.24) is 20.1 Å². The first kappa shape index (κ1) is 11.4. The van der Waals surface area contributed by atoms with Crippen LogP contribution in [-0.2, 0) is 0 Å². The third-order valence-corrected chi connectivity index (χ3v) is 3.13. The van der Waals surface area contributed by atoms with Crippen LogP contribution >= 0.6 is 0 Å². The van der Waals surface area contributed by atoms with E-state index in [2.05, 4.69) is 15.2 Å². The zero-order valence-corrected chi connectivity index (χ0v) is 10.1. The maximum atomic E-state index is 12.2. The lowest BCUT2D eigenvalue weighted by molar-refractivity contribution is 0.0589. The van der Waals surface area contributed by atoms with Crippen LogP contribution in [0.5, 0.6) is 0 Å². The Morgan fingerprint density at radius 1 is 1.21 bits per heavy atom. The number of carbonyl (C=O) groups is 2. The van der Waals surface area contributed by atoms with Crippen molar-refractivity contribution in [3.05, 3.63) is 41.2 Å². The number of aromatic nitrogens is 3. The molecule has 1 aromatic heterocycles. The fraction of sp³-hybridized carbons (Fsp3) is 0.167. The van der Waals surface area contributed by atoms with Gasteiger partial charge in [0.1, 0.15) is 5.82 Å². The minimum Gasteiger partial charge on any atom is -0.367 e. The zero-order chi connectivity index (χ0) is 13.6. The molecule has 3 rings (SSSR count). The number of imide groups is 1. The number of nitrogens with one attached hydrogen (secondary N) is 1. The molecule has 96 valence electrons. The molecule has 3 N–H and O–H groups in total. The summed E-state index contributed by atoms with van der Waals surface area (Å²) < 4.78 is 0. The van der Waals surface area contributed by atoms with Gasteiger partial charge in [-0.3, -0.25) is 19.6 Å². The number of rotatable bonds is 2. The molecule has 1 unspecified atom stereocenters. The number of aromatic amines is 1. The fourth-order valence-corrected chi connectivity index (χ4v) is 2.16. The van der Waals surface area contributed by atoms with Gasteiger partial charge < -0.3 is 5.73 Å². The number of H-pyrrole nitrogens is 1. The second-order valence-electron chi connectivity index (χ2n) is 4.28. The second kappa shape index (κ2) is 3.91. The van der Waals surface area contributed by atoms with Crippen molar-refractivity contribution in [3.8, 4) is 0 Å². The van der Waals surface area contributed by atoms with Crippen molar-refractivity contribution < 1.29 is 9.59 Å². The predicted octanol–water partition coefficient (Wildman–Crippen LogP) is 0.744. The number of nitrogens with zero attached hydrogens (tertiary/aromatic N) is 3. The highest BCUT2D eigenvalue weighted by molar-refractivity contribution is 6.21. The summed E-state index contributed by atoms with van der Waals surface area (Å²) >= 11 is 0. The van der Waals surface area contributed by atoms with E-state index in [9.17, 15) is 9.59 Å². The first-order chi connectivity index (χ1) is 9.09. The first-order valence-corrected chi connectivity index (χ1v) is 5.74. The molecule has 1 aromatic carbocycles. The first-order valence-electron chi connectivity index (χ1n) is 5.74. The number of nitrogens with two attached hydrogens (primary N) is 1. The van der Waals surface area contributed by atoms with Gasteiger partial charge in [-0.15, -0.1) is 5.10 Å². The molecule has 7 heteroatoms. The molecule has 0 radical (unpaired) electrons. The SMILES string of the molecule is CC(c1nc(N)n[nH]1)N1C(=O)c2ccccc2C1=O. The number of nitrogen functional groups attached to an aromatic ring is 1. The molecule has 0 bridgehead atoms. The van der Waals surface area contributed by atoms with Crippen LogP contribution in [0.25, 0.3) is 0 Å². The quantitative estimate of drug-likeness (QED) is 0.772. The Morgan fingerprint density at radius 3 is 2.26 bits per heavy atom. The van der Waals surface area contributed by atoms with Crippen molar-refractivity contribution in [3.63, 3.8) is 0 Å². The van der Waals surface area contributed by atoms with Gasteiger partial charge in [0.2, 0.25) is 5.95 Å². The molecule has 0 fully saturated rings. The Labute approximate surface area is 108 Å². The Balaban J connectivity index is 2.00. The van der Waals surface area contributed by atoms with Crippen molar-refractivity contribution in [2.24, 2.45) is 0 Å². The number of anilines is 1. The van der Waals surface area contributed by atoms with Gasteiger partial charge in [0.25, 0.3) is 11.8 Å². The monoisotopic (exact) mass is 257 g/mol. The molecule has 1 atom stereocenters. The summed E-state index contributed by atoms with van der Waals surface area (Å²) in [6.45, 7) is 1.70. The summed E-state index contributed by atoms with van der Waals surface area (Å²) in [5.74, 6) is -0.198. The average molecular weight is 257 g/mol. The van der Waals surface area contributed by atoms with E-state index in [1.165, 1.54) is 0 Å². The van der Waals surface area contributed by atoms with Gasteiger partial charge in [0.15, 0.2) is 0 Å². The molecular weight excluding hydrogens is 246 g/mol. The Bertz CT molecular complexity index is 643. The number of carbonyl (C=O) groups excluding carboxylic acids is 2. The third-order valence-electron chi connectivity index (χ3n) is 3.13. The smallest absolute Gasteiger partial charge is 0.262 e. The van der Waals surface area contributed by atoms with E-state index >= 15 is 0 Å². The van der Waals surface area contributed by atoms with Gasteiger partial charge >= 0.3 is 0 Å². The van der Waals surface area contributed by atoms with Gasteiger partial charge in [-0.2, -0.15) is 4.98 Å². The Kier molecular flexibility index (Phi) is 2.34. The van der Waals surface area contributed by atoms with E-state index in [1.807, 2.05) is 0 Å². The largest absolute Gasteiger partial charge is 0.367 e. The minimum atomic E-state index is -0.544. The van der Waals surface area contributed by atoms with E-state index in [-0.39, 0.29) is 17.8 Å². The molecule has 19 heavy (non-hydrogen) atoms. The highest BCUT2D eigenvalue weighted by atomic mass is 16.2. The fourth-order valence-electron chi connectivity index (χ4n) is 2.16. The number of fused-ring (bicyclic) bond motifs is 1. The highest BCUT2D eigenvalue weighted by Gasteiger charge is 2.39. The summed E-state index contributed by atoms with van der Waals surface area (Å²) in [4.78, 5) is 29.6. The Hall–Kier alpha value is -2.70. The molecule has 2 heterocycles. The number of amides is 2. The maximum absolute atomic E-state index is 12.2. The summed E-state index contributed by atoms with van der Waals surface area (Å²) in [6, 6.07) is 6.18. The van der Waals surface area contributed by atoms with Crippen molar-refractivity contribution in [2.75, 3.05) is 5.73 Å². The summed E-state index contributed by atoms with van der Waals surface area (Å²) in [5.41, 5.74) is 6.24. The normalized spacial score (nSPS) is 15.7. The molecule has 0 saturated heterocycles. The van der Waals surface area contributed by atoms with Gasteiger partial charge in [0, 0.05) is 0 Å². The van der Waals surface area contributed by atoms with Crippen LogP contribution in [-0.4, -0.2) is 31.9 Å².